The van der Waals surface area contributed by atoms with Crippen molar-refractivity contribution in [1.29, 1.82) is 0 Å². The highest BCUT2D eigenvalue weighted by molar-refractivity contribution is 7.89. The van der Waals surface area contributed by atoms with Crippen LogP contribution < -0.4 is 4.72 Å². The SMILES string of the molecule is CNS(=O)(=O)c1ccc(C(=O)N2CCC(CCc3ccc(C)cc3)CC2)cc1. The van der Waals surface area contributed by atoms with Gasteiger partial charge in [-0.1, -0.05) is 29.8 Å². The number of carbonyl (C=O) groups is 1. The van der Waals surface area contributed by atoms with E-state index in [9.17, 15) is 13.2 Å². The number of piperidine rings is 1. The second-order valence-corrected chi connectivity index (χ2v) is 9.38. The number of nitrogens with zero attached hydrogens (tertiary/aromatic N) is 1. The molecule has 150 valence electrons. The molecule has 2 aromatic rings. The second kappa shape index (κ2) is 8.88. The quantitative estimate of drug-likeness (QED) is 0.808. The Balaban J connectivity index is 1.51. The molecule has 2 aromatic carbocycles. The fourth-order valence-corrected chi connectivity index (χ4v) is 4.36. The smallest absolute Gasteiger partial charge is 0.253 e. The molecular weight excluding hydrogens is 372 g/mol. The van der Waals surface area contributed by atoms with Crippen LogP contribution in [0.25, 0.3) is 0 Å². The van der Waals surface area contributed by atoms with Gasteiger partial charge in [-0.15, -0.1) is 0 Å². The van der Waals surface area contributed by atoms with E-state index in [1.165, 1.54) is 30.3 Å². The minimum atomic E-state index is -3.48. The van der Waals surface area contributed by atoms with Gasteiger partial charge in [0.15, 0.2) is 0 Å². The summed E-state index contributed by atoms with van der Waals surface area (Å²) in [6.07, 6.45) is 4.27. The Hall–Kier alpha value is -2.18. The van der Waals surface area contributed by atoms with E-state index < -0.39 is 10.0 Å². The van der Waals surface area contributed by atoms with Gasteiger partial charge in [0, 0.05) is 18.7 Å². The van der Waals surface area contributed by atoms with Crippen molar-refractivity contribution in [2.75, 3.05) is 20.1 Å². The lowest BCUT2D eigenvalue weighted by molar-refractivity contribution is 0.0687. The largest absolute Gasteiger partial charge is 0.339 e. The van der Waals surface area contributed by atoms with Crippen molar-refractivity contribution in [2.45, 2.75) is 37.5 Å². The monoisotopic (exact) mass is 400 g/mol. The molecule has 3 rings (SSSR count). The summed E-state index contributed by atoms with van der Waals surface area (Å²) in [5.74, 6) is 0.624. The number of amides is 1. The van der Waals surface area contributed by atoms with E-state index in [-0.39, 0.29) is 10.8 Å². The summed E-state index contributed by atoms with van der Waals surface area (Å²) in [6, 6.07) is 14.9. The van der Waals surface area contributed by atoms with Crippen LogP contribution in [0.2, 0.25) is 0 Å². The zero-order valence-electron chi connectivity index (χ0n) is 16.5. The van der Waals surface area contributed by atoms with Crippen LogP contribution in [0.15, 0.2) is 53.4 Å². The molecule has 1 aliphatic rings. The molecule has 1 N–H and O–H groups in total. The van der Waals surface area contributed by atoms with Crippen molar-refractivity contribution in [1.82, 2.24) is 9.62 Å². The van der Waals surface area contributed by atoms with Gasteiger partial charge in [-0.2, -0.15) is 0 Å². The van der Waals surface area contributed by atoms with Gasteiger partial charge in [0.25, 0.3) is 5.91 Å². The van der Waals surface area contributed by atoms with Crippen LogP contribution in [0.4, 0.5) is 0 Å². The minimum Gasteiger partial charge on any atom is -0.339 e. The molecule has 1 heterocycles. The maximum atomic E-state index is 12.7. The number of hydrogen-bond acceptors (Lipinski definition) is 3. The lowest BCUT2D eigenvalue weighted by Gasteiger charge is -2.32. The normalized spacial score (nSPS) is 15.6. The number of benzene rings is 2. The van der Waals surface area contributed by atoms with Crippen LogP contribution in [-0.4, -0.2) is 39.4 Å². The van der Waals surface area contributed by atoms with E-state index in [0.717, 1.165) is 38.8 Å². The van der Waals surface area contributed by atoms with E-state index in [0.29, 0.717) is 11.5 Å². The Morgan fingerprint density at radius 2 is 1.64 bits per heavy atom. The average Bonchev–Trinajstić information content (AvgIpc) is 2.73. The van der Waals surface area contributed by atoms with Crippen molar-refractivity contribution >= 4 is 15.9 Å². The molecule has 0 radical (unpaired) electrons. The molecule has 0 saturated carbocycles. The number of carbonyl (C=O) groups excluding carboxylic acids is 1. The Labute approximate surface area is 167 Å². The summed E-state index contributed by atoms with van der Waals surface area (Å²) in [7, 11) is -2.11. The minimum absolute atomic E-state index is 0.0228. The topological polar surface area (TPSA) is 66.5 Å². The van der Waals surface area contributed by atoms with E-state index in [2.05, 4.69) is 35.9 Å². The van der Waals surface area contributed by atoms with E-state index in [4.69, 9.17) is 0 Å². The summed E-state index contributed by atoms with van der Waals surface area (Å²) >= 11 is 0. The molecule has 0 unspecified atom stereocenters. The third kappa shape index (κ3) is 5.00. The van der Waals surface area contributed by atoms with Gasteiger partial charge < -0.3 is 4.90 Å². The summed E-state index contributed by atoms with van der Waals surface area (Å²) in [4.78, 5) is 14.8. The van der Waals surface area contributed by atoms with Gasteiger partial charge in [-0.05, 0) is 75.4 Å². The lowest BCUT2D eigenvalue weighted by atomic mass is 9.90. The molecule has 6 heteroatoms. The molecule has 0 spiro atoms. The molecular formula is C22H28N2O3S. The van der Waals surface area contributed by atoms with Crippen LogP contribution in [0.1, 0.15) is 40.7 Å². The van der Waals surface area contributed by atoms with Crippen molar-refractivity contribution in [2.24, 2.45) is 5.92 Å². The fraction of sp³-hybridized carbons (Fsp3) is 0.409. The van der Waals surface area contributed by atoms with E-state index >= 15 is 0 Å². The maximum Gasteiger partial charge on any atom is 0.253 e. The third-order valence-electron chi connectivity index (χ3n) is 5.54. The van der Waals surface area contributed by atoms with E-state index in [1.807, 2.05) is 4.90 Å². The van der Waals surface area contributed by atoms with Crippen LogP contribution in [0.3, 0.4) is 0 Å². The van der Waals surface area contributed by atoms with Gasteiger partial charge in [0.2, 0.25) is 10.0 Å². The van der Waals surface area contributed by atoms with Gasteiger partial charge in [-0.3, -0.25) is 4.79 Å². The molecule has 0 bridgehead atoms. The maximum absolute atomic E-state index is 12.7. The number of sulfonamides is 1. The first-order valence-electron chi connectivity index (χ1n) is 9.77. The highest BCUT2D eigenvalue weighted by Crippen LogP contribution is 2.24. The van der Waals surface area contributed by atoms with E-state index in [1.54, 1.807) is 12.1 Å². The van der Waals surface area contributed by atoms with Crippen molar-refractivity contribution in [3.05, 3.63) is 65.2 Å². The van der Waals surface area contributed by atoms with Crippen molar-refractivity contribution in [3.63, 3.8) is 0 Å². The van der Waals surface area contributed by atoms with Crippen molar-refractivity contribution < 1.29 is 13.2 Å². The zero-order chi connectivity index (χ0) is 20.1. The molecule has 28 heavy (non-hydrogen) atoms. The fourth-order valence-electron chi connectivity index (χ4n) is 3.63. The number of rotatable bonds is 6. The first kappa shape index (κ1) is 20.6. The van der Waals surface area contributed by atoms with Crippen LogP contribution in [0.5, 0.6) is 0 Å². The standard InChI is InChI=1S/C22H28N2O3S/c1-17-3-5-18(6-4-17)7-8-19-13-15-24(16-14-19)22(25)20-9-11-21(12-10-20)28(26,27)23-2/h3-6,9-12,19,23H,7-8,13-16H2,1-2H3. The average molecular weight is 401 g/mol. The molecule has 1 aliphatic heterocycles. The Kier molecular flexibility index (Phi) is 6.52. The molecule has 0 atom stereocenters. The number of nitrogens with one attached hydrogen (secondary N) is 1. The molecule has 0 aliphatic carbocycles. The highest BCUT2D eigenvalue weighted by atomic mass is 32.2. The summed E-state index contributed by atoms with van der Waals surface area (Å²) in [6.45, 7) is 3.62. The Morgan fingerprint density at radius 1 is 1.04 bits per heavy atom. The highest BCUT2D eigenvalue weighted by Gasteiger charge is 2.24. The predicted octanol–water partition coefficient (Wildman–Crippen LogP) is 3.39. The molecule has 1 fully saturated rings. The van der Waals surface area contributed by atoms with Gasteiger partial charge in [0.1, 0.15) is 0 Å². The van der Waals surface area contributed by atoms with Crippen LogP contribution in [-0.2, 0) is 16.4 Å². The molecule has 1 saturated heterocycles. The first-order valence-corrected chi connectivity index (χ1v) is 11.3. The summed E-state index contributed by atoms with van der Waals surface area (Å²) in [5, 5.41) is 0. The van der Waals surface area contributed by atoms with Crippen molar-refractivity contribution in [3.8, 4) is 0 Å². The van der Waals surface area contributed by atoms with Gasteiger partial charge in [0.05, 0.1) is 4.90 Å². The number of hydrogen-bond donors (Lipinski definition) is 1. The van der Waals surface area contributed by atoms with Crippen LogP contribution in [0, 0.1) is 12.8 Å². The Morgan fingerprint density at radius 3 is 2.21 bits per heavy atom. The second-order valence-electron chi connectivity index (χ2n) is 7.49. The number of aryl methyl sites for hydroxylation is 2. The summed E-state index contributed by atoms with van der Waals surface area (Å²) < 4.78 is 25.9. The van der Waals surface area contributed by atoms with Gasteiger partial charge >= 0.3 is 0 Å². The Bertz CT molecular complexity index is 898. The number of likely N-dealkylation sites (tertiary alicyclic amines) is 1. The third-order valence-corrected chi connectivity index (χ3v) is 6.97. The summed E-state index contributed by atoms with van der Waals surface area (Å²) in [5.41, 5.74) is 3.20. The lowest BCUT2D eigenvalue weighted by Crippen LogP contribution is -2.38. The van der Waals surface area contributed by atoms with Gasteiger partial charge in [-0.25, -0.2) is 13.1 Å². The molecule has 5 nitrogen and oxygen atoms in total. The van der Waals surface area contributed by atoms with Crippen LogP contribution >= 0.6 is 0 Å². The zero-order valence-corrected chi connectivity index (χ0v) is 17.3. The first-order chi connectivity index (χ1) is 13.4. The predicted molar refractivity (Wildman–Crippen MR) is 111 cm³/mol. The molecule has 1 amide bonds. The molecule has 0 aromatic heterocycles.